The lowest BCUT2D eigenvalue weighted by Crippen LogP contribution is -3.00. The highest BCUT2D eigenvalue weighted by molar-refractivity contribution is 8.93. The van der Waals surface area contributed by atoms with Crippen molar-refractivity contribution >= 4 is 17.0 Å². The van der Waals surface area contributed by atoms with Crippen LogP contribution in [-0.4, -0.2) is 30.1 Å². The summed E-state index contributed by atoms with van der Waals surface area (Å²) >= 11 is 0. The van der Waals surface area contributed by atoms with Crippen LogP contribution in [0.1, 0.15) is 5.82 Å². The smallest absolute Gasteiger partial charge is 0.253 e. The molecule has 0 spiro atoms. The molecular weight excluding hydrogens is 310 g/mol. The molecule has 0 aliphatic rings. The van der Waals surface area contributed by atoms with Crippen LogP contribution in [0.2, 0.25) is 0 Å². The zero-order valence-electron chi connectivity index (χ0n) is 9.20. The van der Waals surface area contributed by atoms with E-state index in [1.807, 2.05) is 0 Å². The van der Waals surface area contributed by atoms with E-state index in [2.05, 4.69) is 54.5 Å². The summed E-state index contributed by atoms with van der Waals surface area (Å²) < 4.78 is 4.40. The van der Waals surface area contributed by atoms with E-state index in [0.29, 0.717) is 0 Å². The number of rotatable bonds is 3. The first-order chi connectivity index (χ1) is 5.61. The van der Waals surface area contributed by atoms with Crippen LogP contribution in [0.15, 0.2) is 12.4 Å². The lowest BCUT2D eigenvalue weighted by molar-refractivity contribution is -0.677. The number of hydrogen-bond acceptors (Lipinski definition) is 1. The van der Waals surface area contributed by atoms with Gasteiger partial charge in [-0.05, 0) is 14.1 Å². The molecular formula is C9H19Br2N3. The van der Waals surface area contributed by atoms with Crippen LogP contribution in [-0.2, 0) is 13.6 Å². The number of nitrogens with zero attached hydrogens (tertiary/aromatic N) is 3. The Kier molecular flexibility index (Phi) is 8.78. The first kappa shape index (κ1) is 16.6. The molecule has 1 heterocycles. The molecule has 0 radical (unpaired) electrons. The lowest BCUT2D eigenvalue weighted by Gasteiger charge is -2.07. The fraction of sp³-hybridized carbons (Fsp3) is 0.667. The zero-order chi connectivity index (χ0) is 9.14. The average Bonchev–Trinajstić information content (AvgIpc) is 2.30. The van der Waals surface area contributed by atoms with E-state index in [9.17, 15) is 0 Å². The van der Waals surface area contributed by atoms with Crippen LogP contribution in [0.4, 0.5) is 0 Å². The Hall–Kier alpha value is 0.130. The number of imidazole rings is 1. The van der Waals surface area contributed by atoms with Gasteiger partial charge in [0.1, 0.15) is 18.9 Å². The Bertz CT molecular complexity index is 259. The van der Waals surface area contributed by atoms with Gasteiger partial charge < -0.3 is 21.9 Å². The summed E-state index contributed by atoms with van der Waals surface area (Å²) in [5, 5.41) is 0. The van der Waals surface area contributed by atoms with Gasteiger partial charge >= 0.3 is 0 Å². The second kappa shape index (κ2) is 7.43. The standard InChI is InChI=1S/C9H18N3.2BrH/c1-9-11(4)6-8-12(9)7-5-10(2)3;;/h6,8H,5,7H2,1-4H3;2*1H/q+1;;/p-1. The lowest BCUT2D eigenvalue weighted by atomic mass is 10.5. The summed E-state index contributed by atoms with van der Waals surface area (Å²) in [6, 6.07) is 0. The van der Waals surface area contributed by atoms with E-state index in [0.717, 1.165) is 13.1 Å². The molecule has 0 aromatic carbocycles. The predicted molar refractivity (Wildman–Crippen MR) is 59.2 cm³/mol. The van der Waals surface area contributed by atoms with Gasteiger partial charge in [-0.2, -0.15) is 0 Å². The van der Waals surface area contributed by atoms with E-state index in [4.69, 9.17) is 0 Å². The van der Waals surface area contributed by atoms with E-state index in [-0.39, 0.29) is 34.0 Å². The van der Waals surface area contributed by atoms with Crippen molar-refractivity contribution in [1.82, 2.24) is 9.47 Å². The van der Waals surface area contributed by atoms with Crippen molar-refractivity contribution in [2.45, 2.75) is 13.5 Å². The molecule has 5 heteroatoms. The van der Waals surface area contributed by atoms with Gasteiger partial charge in [0.15, 0.2) is 0 Å². The number of likely N-dealkylation sites (N-methyl/N-ethyl adjacent to an activating group) is 1. The Morgan fingerprint density at radius 1 is 1.43 bits per heavy atom. The van der Waals surface area contributed by atoms with E-state index in [1.165, 1.54) is 5.82 Å². The molecule has 1 rings (SSSR count). The van der Waals surface area contributed by atoms with Crippen molar-refractivity contribution in [3.8, 4) is 0 Å². The molecule has 0 N–H and O–H groups in total. The maximum Gasteiger partial charge on any atom is 0.253 e. The SMILES string of the molecule is Br.Cc1n(CCN(C)C)cc[n+]1C.[Br-]. The molecule has 0 aliphatic heterocycles. The van der Waals surface area contributed by atoms with Gasteiger partial charge in [0.25, 0.3) is 5.82 Å². The summed E-state index contributed by atoms with van der Waals surface area (Å²) in [7, 11) is 6.26. The minimum absolute atomic E-state index is 0. The molecule has 1 aromatic heterocycles. The third-order valence-electron chi connectivity index (χ3n) is 2.18. The van der Waals surface area contributed by atoms with Crippen LogP contribution in [0, 0.1) is 6.92 Å². The minimum Gasteiger partial charge on any atom is -1.00 e. The third kappa shape index (κ3) is 4.57. The van der Waals surface area contributed by atoms with Crippen LogP contribution < -0.4 is 21.5 Å². The molecule has 0 amide bonds. The number of halogens is 2. The molecule has 0 atom stereocenters. The van der Waals surface area contributed by atoms with Gasteiger partial charge in [0, 0.05) is 13.5 Å². The van der Waals surface area contributed by atoms with E-state index >= 15 is 0 Å². The van der Waals surface area contributed by atoms with Crippen molar-refractivity contribution in [3.63, 3.8) is 0 Å². The Balaban J connectivity index is 0. The molecule has 0 saturated carbocycles. The highest BCUT2D eigenvalue weighted by Crippen LogP contribution is 1.92. The Labute approximate surface area is 107 Å². The minimum atomic E-state index is 0. The number of aryl methyl sites for hydroxylation is 1. The molecule has 0 saturated heterocycles. The fourth-order valence-electron chi connectivity index (χ4n) is 1.14. The van der Waals surface area contributed by atoms with E-state index in [1.54, 1.807) is 0 Å². The summed E-state index contributed by atoms with van der Waals surface area (Å²) in [6.07, 6.45) is 4.21. The fourth-order valence-corrected chi connectivity index (χ4v) is 1.14. The van der Waals surface area contributed by atoms with Crippen molar-refractivity contribution in [3.05, 3.63) is 18.2 Å². The van der Waals surface area contributed by atoms with Gasteiger partial charge in [0.2, 0.25) is 0 Å². The zero-order valence-corrected chi connectivity index (χ0v) is 12.5. The highest BCUT2D eigenvalue weighted by atomic mass is 79.9. The molecule has 14 heavy (non-hydrogen) atoms. The summed E-state index contributed by atoms with van der Waals surface area (Å²) in [5.74, 6) is 1.30. The van der Waals surface area contributed by atoms with Gasteiger partial charge in [-0.15, -0.1) is 17.0 Å². The molecule has 0 aliphatic carbocycles. The maximum absolute atomic E-state index is 2.26. The predicted octanol–water partition coefficient (Wildman–Crippen LogP) is -2.24. The highest BCUT2D eigenvalue weighted by Gasteiger charge is 2.07. The van der Waals surface area contributed by atoms with Crippen molar-refractivity contribution in [2.75, 3.05) is 20.6 Å². The Morgan fingerprint density at radius 2 is 2.00 bits per heavy atom. The number of aromatic nitrogens is 2. The molecule has 3 nitrogen and oxygen atoms in total. The first-order valence-electron chi connectivity index (χ1n) is 4.27. The summed E-state index contributed by atoms with van der Waals surface area (Å²) in [4.78, 5) is 2.19. The van der Waals surface area contributed by atoms with Crippen molar-refractivity contribution in [2.24, 2.45) is 7.05 Å². The second-order valence-electron chi connectivity index (χ2n) is 3.45. The van der Waals surface area contributed by atoms with Crippen LogP contribution in [0.3, 0.4) is 0 Å². The third-order valence-corrected chi connectivity index (χ3v) is 2.18. The van der Waals surface area contributed by atoms with Crippen molar-refractivity contribution < 1.29 is 21.5 Å². The molecule has 1 aromatic rings. The summed E-state index contributed by atoms with van der Waals surface area (Å²) in [6.45, 7) is 4.30. The van der Waals surface area contributed by atoms with Crippen molar-refractivity contribution in [1.29, 1.82) is 0 Å². The van der Waals surface area contributed by atoms with Gasteiger partial charge in [0.05, 0.1) is 7.05 Å². The Morgan fingerprint density at radius 3 is 2.36 bits per heavy atom. The quantitative estimate of drug-likeness (QED) is 0.572. The van der Waals surface area contributed by atoms with Crippen LogP contribution >= 0.6 is 17.0 Å². The topological polar surface area (TPSA) is 12.1 Å². The largest absolute Gasteiger partial charge is 1.00 e. The first-order valence-corrected chi connectivity index (χ1v) is 4.27. The molecule has 0 fully saturated rings. The van der Waals surface area contributed by atoms with Crippen LogP contribution in [0.5, 0.6) is 0 Å². The van der Waals surface area contributed by atoms with Gasteiger partial charge in [-0.1, -0.05) is 0 Å². The average molecular weight is 329 g/mol. The van der Waals surface area contributed by atoms with Gasteiger partial charge in [-0.25, -0.2) is 9.13 Å². The molecule has 0 bridgehead atoms. The second-order valence-corrected chi connectivity index (χ2v) is 3.45. The summed E-state index contributed by atoms with van der Waals surface area (Å²) in [5.41, 5.74) is 0. The van der Waals surface area contributed by atoms with E-state index < -0.39 is 0 Å². The number of hydrogen-bond donors (Lipinski definition) is 0. The van der Waals surface area contributed by atoms with Gasteiger partial charge in [-0.3, -0.25) is 0 Å². The van der Waals surface area contributed by atoms with Crippen LogP contribution in [0.25, 0.3) is 0 Å². The maximum atomic E-state index is 2.26. The molecule has 0 unspecified atom stereocenters. The monoisotopic (exact) mass is 327 g/mol. The normalized spacial score (nSPS) is 9.50. The molecule has 84 valence electrons.